The van der Waals surface area contributed by atoms with E-state index in [4.69, 9.17) is 9.47 Å². The van der Waals surface area contributed by atoms with Crippen LogP contribution in [0.3, 0.4) is 0 Å². The highest BCUT2D eigenvalue weighted by molar-refractivity contribution is 4.80. The predicted octanol–water partition coefficient (Wildman–Crippen LogP) is 2.21. The monoisotopic (exact) mass is 229 g/mol. The standard InChI is InChI=1S/C13H27NO2/c1-3-7-14-13(11-12-4-5-12)6-8-16-10-9-15-2/h12-14H,3-11H2,1-2H3. The Hall–Kier alpha value is -0.120. The fourth-order valence-electron chi connectivity index (χ4n) is 1.88. The Morgan fingerprint density at radius 3 is 2.69 bits per heavy atom. The summed E-state index contributed by atoms with van der Waals surface area (Å²) in [6.45, 7) is 5.64. The quantitative estimate of drug-likeness (QED) is 0.551. The molecule has 0 saturated heterocycles. The fraction of sp³-hybridized carbons (Fsp3) is 1.00. The van der Waals surface area contributed by atoms with Crippen molar-refractivity contribution in [3.8, 4) is 0 Å². The Kier molecular flexibility index (Phi) is 7.81. The molecule has 0 amide bonds. The lowest BCUT2D eigenvalue weighted by molar-refractivity contribution is 0.0652. The van der Waals surface area contributed by atoms with Crippen molar-refractivity contribution in [2.45, 2.75) is 45.1 Å². The molecule has 0 radical (unpaired) electrons. The van der Waals surface area contributed by atoms with Crippen LogP contribution in [0.4, 0.5) is 0 Å². The van der Waals surface area contributed by atoms with E-state index >= 15 is 0 Å². The van der Waals surface area contributed by atoms with Gasteiger partial charge in [-0.1, -0.05) is 19.8 Å². The minimum absolute atomic E-state index is 0.662. The minimum atomic E-state index is 0.662. The summed E-state index contributed by atoms with van der Waals surface area (Å²) in [6, 6.07) is 0.662. The fourth-order valence-corrected chi connectivity index (χ4v) is 1.88. The van der Waals surface area contributed by atoms with Crippen molar-refractivity contribution in [3.05, 3.63) is 0 Å². The summed E-state index contributed by atoms with van der Waals surface area (Å²) in [4.78, 5) is 0. The van der Waals surface area contributed by atoms with Gasteiger partial charge in [0.25, 0.3) is 0 Å². The first-order valence-corrected chi connectivity index (χ1v) is 6.66. The van der Waals surface area contributed by atoms with Crippen molar-refractivity contribution >= 4 is 0 Å². The molecule has 1 aliphatic carbocycles. The average molecular weight is 229 g/mol. The van der Waals surface area contributed by atoms with Crippen molar-refractivity contribution in [2.24, 2.45) is 5.92 Å². The van der Waals surface area contributed by atoms with Crippen LogP contribution in [0.5, 0.6) is 0 Å². The zero-order valence-electron chi connectivity index (χ0n) is 10.8. The Balaban J connectivity index is 2.00. The van der Waals surface area contributed by atoms with Gasteiger partial charge in [-0.2, -0.15) is 0 Å². The van der Waals surface area contributed by atoms with Gasteiger partial charge in [0.1, 0.15) is 0 Å². The normalized spacial score (nSPS) is 17.6. The molecule has 1 atom stereocenters. The van der Waals surface area contributed by atoms with E-state index in [9.17, 15) is 0 Å². The van der Waals surface area contributed by atoms with Crippen molar-refractivity contribution < 1.29 is 9.47 Å². The number of rotatable bonds is 11. The third-order valence-electron chi connectivity index (χ3n) is 3.04. The van der Waals surface area contributed by atoms with E-state index in [2.05, 4.69) is 12.2 Å². The molecule has 3 heteroatoms. The van der Waals surface area contributed by atoms with Crippen LogP contribution in [0.25, 0.3) is 0 Å². The molecule has 0 spiro atoms. The van der Waals surface area contributed by atoms with Gasteiger partial charge in [-0.3, -0.25) is 0 Å². The van der Waals surface area contributed by atoms with Crippen LogP contribution in [0.1, 0.15) is 39.0 Å². The smallest absolute Gasteiger partial charge is 0.0700 e. The van der Waals surface area contributed by atoms with E-state index in [0.717, 1.165) is 32.1 Å². The van der Waals surface area contributed by atoms with Crippen LogP contribution < -0.4 is 5.32 Å². The zero-order chi connectivity index (χ0) is 11.6. The molecule has 0 aliphatic heterocycles. The van der Waals surface area contributed by atoms with Gasteiger partial charge in [-0.05, 0) is 31.7 Å². The molecular formula is C13H27NO2. The number of nitrogens with one attached hydrogen (secondary N) is 1. The highest BCUT2D eigenvalue weighted by atomic mass is 16.5. The second-order valence-electron chi connectivity index (χ2n) is 4.72. The van der Waals surface area contributed by atoms with Crippen LogP contribution >= 0.6 is 0 Å². The summed E-state index contributed by atoms with van der Waals surface area (Å²) in [5, 5.41) is 3.62. The molecule has 0 heterocycles. The number of methoxy groups -OCH3 is 1. The summed E-state index contributed by atoms with van der Waals surface area (Å²) >= 11 is 0. The molecular weight excluding hydrogens is 202 g/mol. The molecule has 0 aromatic heterocycles. The maximum absolute atomic E-state index is 5.52. The van der Waals surface area contributed by atoms with Crippen LogP contribution in [-0.4, -0.2) is 39.5 Å². The Morgan fingerprint density at radius 2 is 2.06 bits per heavy atom. The number of hydrogen-bond donors (Lipinski definition) is 1. The van der Waals surface area contributed by atoms with Crippen LogP contribution in [0.2, 0.25) is 0 Å². The van der Waals surface area contributed by atoms with E-state index in [1.165, 1.54) is 25.7 Å². The van der Waals surface area contributed by atoms with Crippen LogP contribution in [-0.2, 0) is 9.47 Å². The largest absolute Gasteiger partial charge is 0.382 e. The lowest BCUT2D eigenvalue weighted by Gasteiger charge is -2.18. The van der Waals surface area contributed by atoms with Crippen LogP contribution in [0.15, 0.2) is 0 Å². The number of ether oxygens (including phenoxy) is 2. The topological polar surface area (TPSA) is 30.5 Å². The molecule has 1 rings (SSSR count). The summed E-state index contributed by atoms with van der Waals surface area (Å²) in [5.74, 6) is 0.994. The molecule has 1 aliphatic rings. The van der Waals surface area contributed by atoms with Crippen molar-refractivity contribution in [2.75, 3.05) is 33.5 Å². The average Bonchev–Trinajstić information content (AvgIpc) is 3.09. The first-order chi connectivity index (χ1) is 7.86. The van der Waals surface area contributed by atoms with Crippen molar-refractivity contribution in [1.82, 2.24) is 5.32 Å². The van der Waals surface area contributed by atoms with E-state index in [0.29, 0.717) is 12.6 Å². The molecule has 96 valence electrons. The molecule has 1 saturated carbocycles. The van der Waals surface area contributed by atoms with E-state index in [-0.39, 0.29) is 0 Å². The predicted molar refractivity (Wildman–Crippen MR) is 66.7 cm³/mol. The van der Waals surface area contributed by atoms with E-state index < -0.39 is 0 Å². The lowest BCUT2D eigenvalue weighted by atomic mass is 10.1. The molecule has 1 unspecified atom stereocenters. The second kappa shape index (κ2) is 8.97. The third-order valence-corrected chi connectivity index (χ3v) is 3.04. The second-order valence-corrected chi connectivity index (χ2v) is 4.72. The molecule has 0 aromatic carbocycles. The molecule has 0 aromatic rings. The van der Waals surface area contributed by atoms with E-state index in [1.807, 2.05) is 0 Å². The first kappa shape index (κ1) is 13.9. The Labute approximate surface area is 99.9 Å². The third kappa shape index (κ3) is 7.20. The van der Waals surface area contributed by atoms with Crippen molar-refractivity contribution in [3.63, 3.8) is 0 Å². The zero-order valence-corrected chi connectivity index (χ0v) is 10.8. The van der Waals surface area contributed by atoms with Gasteiger partial charge >= 0.3 is 0 Å². The maximum Gasteiger partial charge on any atom is 0.0700 e. The Morgan fingerprint density at radius 1 is 1.25 bits per heavy atom. The molecule has 1 fully saturated rings. The summed E-state index contributed by atoms with van der Waals surface area (Å²) in [5.41, 5.74) is 0. The first-order valence-electron chi connectivity index (χ1n) is 6.66. The van der Waals surface area contributed by atoms with Gasteiger partial charge < -0.3 is 14.8 Å². The molecule has 3 nitrogen and oxygen atoms in total. The summed E-state index contributed by atoms with van der Waals surface area (Å²) in [6.07, 6.45) is 6.57. The van der Waals surface area contributed by atoms with Crippen LogP contribution in [0, 0.1) is 5.92 Å². The number of hydrogen-bond acceptors (Lipinski definition) is 3. The maximum atomic E-state index is 5.52. The molecule has 0 bridgehead atoms. The van der Waals surface area contributed by atoms with E-state index in [1.54, 1.807) is 7.11 Å². The molecule has 1 N–H and O–H groups in total. The van der Waals surface area contributed by atoms with Gasteiger partial charge in [-0.25, -0.2) is 0 Å². The summed E-state index contributed by atoms with van der Waals surface area (Å²) in [7, 11) is 1.71. The Bertz CT molecular complexity index is 160. The van der Waals surface area contributed by atoms with Crippen molar-refractivity contribution in [1.29, 1.82) is 0 Å². The molecule has 16 heavy (non-hydrogen) atoms. The highest BCUT2D eigenvalue weighted by Crippen LogP contribution is 2.34. The van der Waals surface area contributed by atoms with Gasteiger partial charge in [0.15, 0.2) is 0 Å². The summed E-state index contributed by atoms with van der Waals surface area (Å²) < 4.78 is 10.5. The lowest BCUT2D eigenvalue weighted by Crippen LogP contribution is -2.31. The minimum Gasteiger partial charge on any atom is -0.382 e. The van der Waals surface area contributed by atoms with Gasteiger partial charge in [0.2, 0.25) is 0 Å². The van der Waals surface area contributed by atoms with Gasteiger partial charge in [0.05, 0.1) is 13.2 Å². The SMILES string of the molecule is CCCNC(CCOCCOC)CC1CC1. The van der Waals surface area contributed by atoms with Gasteiger partial charge in [0, 0.05) is 19.8 Å². The van der Waals surface area contributed by atoms with Gasteiger partial charge in [-0.15, -0.1) is 0 Å². The highest BCUT2D eigenvalue weighted by Gasteiger charge is 2.24.